The van der Waals surface area contributed by atoms with Crippen LogP contribution in [0.2, 0.25) is 0 Å². The summed E-state index contributed by atoms with van der Waals surface area (Å²) in [4.78, 5) is 2.50. The van der Waals surface area contributed by atoms with Crippen LogP contribution < -0.4 is 4.74 Å². The number of rotatable bonds is 7. The van der Waals surface area contributed by atoms with Crippen molar-refractivity contribution in [3.8, 4) is 5.75 Å². The molecular formula is C16H25NO2. The Morgan fingerprint density at radius 2 is 2.00 bits per heavy atom. The molecule has 19 heavy (non-hydrogen) atoms. The molecule has 1 aromatic carbocycles. The lowest BCUT2D eigenvalue weighted by Crippen LogP contribution is -2.22. The van der Waals surface area contributed by atoms with Gasteiger partial charge in [0.05, 0.1) is 12.7 Å². The Labute approximate surface area is 116 Å². The van der Waals surface area contributed by atoms with Gasteiger partial charge in [0.1, 0.15) is 5.75 Å². The van der Waals surface area contributed by atoms with E-state index in [1.54, 1.807) is 0 Å². The highest BCUT2D eigenvalue weighted by Crippen LogP contribution is 2.26. The molecule has 106 valence electrons. The van der Waals surface area contributed by atoms with Gasteiger partial charge in [0, 0.05) is 12.1 Å². The first kappa shape index (κ1) is 14.4. The van der Waals surface area contributed by atoms with Gasteiger partial charge in [-0.15, -0.1) is 0 Å². The number of nitrogens with zero attached hydrogens (tertiary/aromatic N) is 1. The van der Waals surface area contributed by atoms with Crippen LogP contribution >= 0.6 is 0 Å². The van der Waals surface area contributed by atoms with Crippen LogP contribution in [0.4, 0.5) is 0 Å². The van der Waals surface area contributed by atoms with Gasteiger partial charge in [-0.2, -0.15) is 0 Å². The molecule has 1 aromatic rings. The van der Waals surface area contributed by atoms with Gasteiger partial charge in [-0.3, -0.25) is 0 Å². The number of hydrogen-bond acceptors (Lipinski definition) is 3. The fourth-order valence-corrected chi connectivity index (χ4v) is 2.58. The maximum atomic E-state index is 9.95. The average Bonchev–Trinajstić information content (AvgIpc) is 2.96. The van der Waals surface area contributed by atoms with Gasteiger partial charge in [-0.05, 0) is 44.8 Å². The van der Waals surface area contributed by atoms with Crippen LogP contribution in [-0.2, 0) is 0 Å². The van der Waals surface area contributed by atoms with Crippen LogP contribution in [0.5, 0.6) is 5.75 Å². The summed E-state index contributed by atoms with van der Waals surface area (Å²) in [6, 6.07) is 7.81. The van der Waals surface area contributed by atoms with Crippen molar-refractivity contribution in [3.63, 3.8) is 0 Å². The number of aliphatic hydroxyl groups is 1. The molecule has 1 aliphatic rings. The summed E-state index contributed by atoms with van der Waals surface area (Å²) in [6.45, 7) is 6.31. The maximum Gasteiger partial charge on any atom is 0.125 e. The molecule has 0 bridgehead atoms. The van der Waals surface area contributed by atoms with E-state index in [4.69, 9.17) is 4.74 Å². The van der Waals surface area contributed by atoms with Gasteiger partial charge in [0.25, 0.3) is 0 Å². The van der Waals surface area contributed by atoms with Gasteiger partial charge < -0.3 is 14.7 Å². The predicted molar refractivity (Wildman–Crippen MR) is 77.5 cm³/mol. The Bertz CT molecular complexity index is 375. The number of benzene rings is 1. The van der Waals surface area contributed by atoms with Crippen LogP contribution in [0, 0.1) is 0 Å². The molecular weight excluding hydrogens is 238 g/mol. The summed E-state index contributed by atoms with van der Waals surface area (Å²) in [5.74, 6) is 0.832. The molecule has 1 atom stereocenters. The van der Waals surface area contributed by atoms with E-state index in [1.807, 2.05) is 31.2 Å². The molecule has 0 radical (unpaired) electrons. The summed E-state index contributed by atoms with van der Waals surface area (Å²) < 4.78 is 5.83. The molecule has 0 aliphatic carbocycles. The summed E-state index contributed by atoms with van der Waals surface area (Å²) >= 11 is 0. The Balaban J connectivity index is 1.78. The van der Waals surface area contributed by atoms with E-state index in [1.165, 1.54) is 25.9 Å². The highest BCUT2D eigenvalue weighted by Gasteiger charge is 2.12. The Morgan fingerprint density at radius 1 is 1.26 bits per heavy atom. The standard InChI is InChI=1S/C16H25NO2/c1-2-15(18)14-8-3-4-9-16(14)19-13-7-12-17-10-5-6-11-17/h3-4,8-9,15,18H,2,5-7,10-13H2,1H3/t15-/m0/s1. The largest absolute Gasteiger partial charge is 0.493 e. The normalized spacial score (nSPS) is 17.6. The van der Waals surface area contributed by atoms with Crippen molar-refractivity contribution in [1.82, 2.24) is 4.90 Å². The summed E-state index contributed by atoms with van der Waals surface area (Å²) in [6.07, 6.45) is 4.03. The predicted octanol–water partition coefficient (Wildman–Crippen LogP) is 2.99. The van der Waals surface area contributed by atoms with Gasteiger partial charge in [-0.1, -0.05) is 25.1 Å². The minimum atomic E-state index is -0.421. The second-order valence-electron chi connectivity index (χ2n) is 5.21. The molecule has 0 saturated carbocycles. The van der Waals surface area contributed by atoms with Crippen LogP contribution in [0.3, 0.4) is 0 Å². The average molecular weight is 263 g/mol. The van der Waals surface area contributed by atoms with Crippen molar-refractivity contribution in [1.29, 1.82) is 0 Å². The Morgan fingerprint density at radius 3 is 2.74 bits per heavy atom. The fourth-order valence-electron chi connectivity index (χ4n) is 2.58. The van der Waals surface area contributed by atoms with E-state index in [0.29, 0.717) is 6.42 Å². The van der Waals surface area contributed by atoms with Crippen molar-refractivity contribution in [2.75, 3.05) is 26.2 Å². The highest BCUT2D eigenvalue weighted by atomic mass is 16.5. The third kappa shape index (κ3) is 4.22. The van der Waals surface area contributed by atoms with E-state index >= 15 is 0 Å². The summed E-state index contributed by atoms with van der Waals surface area (Å²) in [7, 11) is 0. The smallest absolute Gasteiger partial charge is 0.125 e. The van der Waals surface area contributed by atoms with Crippen molar-refractivity contribution < 1.29 is 9.84 Å². The quantitative estimate of drug-likeness (QED) is 0.768. The molecule has 1 heterocycles. The molecule has 1 fully saturated rings. The monoisotopic (exact) mass is 263 g/mol. The molecule has 0 spiro atoms. The van der Waals surface area contributed by atoms with E-state index in [9.17, 15) is 5.11 Å². The first-order valence-corrected chi connectivity index (χ1v) is 7.43. The topological polar surface area (TPSA) is 32.7 Å². The third-order valence-corrected chi connectivity index (χ3v) is 3.74. The van der Waals surface area contributed by atoms with Crippen LogP contribution in [-0.4, -0.2) is 36.2 Å². The van der Waals surface area contributed by atoms with Crippen LogP contribution in [0.25, 0.3) is 0 Å². The first-order valence-electron chi connectivity index (χ1n) is 7.43. The number of hydrogen-bond donors (Lipinski definition) is 1. The molecule has 1 aliphatic heterocycles. The van der Waals surface area contributed by atoms with Crippen LogP contribution in [0.15, 0.2) is 24.3 Å². The third-order valence-electron chi connectivity index (χ3n) is 3.74. The van der Waals surface area contributed by atoms with Crippen molar-refractivity contribution in [2.45, 2.75) is 38.7 Å². The number of aliphatic hydroxyl groups excluding tert-OH is 1. The Kier molecular flexibility index (Phi) is 5.67. The number of likely N-dealkylation sites (tertiary alicyclic amines) is 1. The van der Waals surface area contributed by atoms with Gasteiger partial charge >= 0.3 is 0 Å². The highest BCUT2D eigenvalue weighted by molar-refractivity contribution is 5.34. The van der Waals surface area contributed by atoms with Crippen LogP contribution in [0.1, 0.15) is 44.3 Å². The number of para-hydroxylation sites is 1. The van der Waals surface area contributed by atoms with E-state index in [2.05, 4.69) is 4.90 Å². The lowest BCUT2D eigenvalue weighted by atomic mass is 10.1. The zero-order valence-electron chi connectivity index (χ0n) is 11.8. The molecule has 2 rings (SSSR count). The van der Waals surface area contributed by atoms with Gasteiger partial charge in [0.15, 0.2) is 0 Å². The molecule has 1 N–H and O–H groups in total. The molecule has 3 nitrogen and oxygen atoms in total. The number of ether oxygens (including phenoxy) is 1. The van der Waals surface area contributed by atoms with E-state index in [-0.39, 0.29) is 0 Å². The fraction of sp³-hybridized carbons (Fsp3) is 0.625. The molecule has 0 unspecified atom stereocenters. The van der Waals surface area contributed by atoms with E-state index in [0.717, 1.165) is 30.9 Å². The zero-order chi connectivity index (χ0) is 13.5. The van der Waals surface area contributed by atoms with Crippen molar-refractivity contribution in [2.24, 2.45) is 0 Å². The van der Waals surface area contributed by atoms with Gasteiger partial charge in [0.2, 0.25) is 0 Å². The summed E-state index contributed by atoms with van der Waals surface area (Å²) in [5.41, 5.74) is 0.908. The lowest BCUT2D eigenvalue weighted by molar-refractivity contribution is 0.166. The Hall–Kier alpha value is -1.06. The van der Waals surface area contributed by atoms with Crippen molar-refractivity contribution >= 4 is 0 Å². The SMILES string of the molecule is CC[C@H](O)c1ccccc1OCCCN1CCCC1. The summed E-state index contributed by atoms with van der Waals surface area (Å²) in [5, 5.41) is 9.95. The minimum absolute atomic E-state index is 0.421. The second-order valence-corrected chi connectivity index (χ2v) is 5.21. The van der Waals surface area contributed by atoms with Gasteiger partial charge in [-0.25, -0.2) is 0 Å². The molecule has 0 amide bonds. The molecule has 0 aromatic heterocycles. The first-order chi connectivity index (χ1) is 9.31. The maximum absolute atomic E-state index is 9.95. The molecule has 1 saturated heterocycles. The zero-order valence-corrected chi connectivity index (χ0v) is 11.8. The lowest BCUT2D eigenvalue weighted by Gasteiger charge is -2.17. The second kappa shape index (κ2) is 7.51. The van der Waals surface area contributed by atoms with E-state index < -0.39 is 6.10 Å². The molecule has 3 heteroatoms. The van der Waals surface area contributed by atoms with Crippen molar-refractivity contribution in [3.05, 3.63) is 29.8 Å². The minimum Gasteiger partial charge on any atom is -0.493 e.